The maximum atomic E-state index is 11.2. The Labute approximate surface area is 110 Å². The highest BCUT2D eigenvalue weighted by atomic mass is 16.1. The van der Waals surface area contributed by atoms with Crippen LogP contribution in [0.2, 0.25) is 0 Å². The first kappa shape index (κ1) is 12.5. The Kier molecular flexibility index (Phi) is 3.69. The molecule has 0 aliphatic carbocycles. The van der Waals surface area contributed by atoms with Crippen LogP contribution in [0.3, 0.4) is 0 Å². The summed E-state index contributed by atoms with van der Waals surface area (Å²) in [6.45, 7) is 1.52. The van der Waals surface area contributed by atoms with E-state index in [1.165, 1.54) is 13.3 Å². The van der Waals surface area contributed by atoms with E-state index in [0.717, 1.165) is 5.69 Å². The van der Waals surface area contributed by atoms with Gasteiger partial charge in [0, 0.05) is 17.3 Å². The molecule has 6 heteroatoms. The van der Waals surface area contributed by atoms with Crippen LogP contribution in [0, 0.1) is 11.5 Å². The van der Waals surface area contributed by atoms with E-state index in [9.17, 15) is 4.79 Å². The monoisotopic (exact) mass is 253 g/mol. The predicted octanol–water partition coefficient (Wildman–Crippen LogP) is 2.32. The molecule has 2 N–H and O–H groups in total. The molecule has 0 bridgehead atoms. The van der Waals surface area contributed by atoms with Crippen LogP contribution in [0.15, 0.2) is 36.7 Å². The summed E-state index contributed by atoms with van der Waals surface area (Å²) < 4.78 is 0. The summed E-state index contributed by atoms with van der Waals surface area (Å²) in [6, 6.07) is 8.66. The average Bonchev–Trinajstić information content (AvgIpc) is 2.40. The van der Waals surface area contributed by atoms with E-state index in [-0.39, 0.29) is 5.78 Å². The molecule has 2 aromatic rings. The summed E-state index contributed by atoms with van der Waals surface area (Å²) in [5.41, 5.74) is 1.45. The second kappa shape index (κ2) is 5.60. The van der Waals surface area contributed by atoms with Crippen LogP contribution < -0.4 is 10.6 Å². The molecule has 2 rings (SSSR count). The molecule has 0 atom stereocenters. The normalized spacial score (nSPS) is 9.47. The van der Waals surface area contributed by atoms with Crippen molar-refractivity contribution in [2.45, 2.75) is 6.92 Å². The van der Waals surface area contributed by atoms with Crippen LogP contribution in [0.5, 0.6) is 0 Å². The van der Waals surface area contributed by atoms with Crippen molar-refractivity contribution in [2.75, 3.05) is 10.6 Å². The average molecular weight is 253 g/mol. The molecule has 6 nitrogen and oxygen atoms in total. The van der Waals surface area contributed by atoms with Crippen LogP contribution >= 0.6 is 0 Å². The molecule has 0 radical (unpaired) electrons. The Morgan fingerprint density at radius 3 is 2.53 bits per heavy atom. The zero-order valence-corrected chi connectivity index (χ0v) is 10.2. The molecule has 1 aromatic carbocycles. The second-order valence-electron chi connectivity index (χ2n) is 3.78. The lowest BCUT2D eigenvalue weighted by Crippen LogP contribution is -1.98. The topological polar surface area (TPSA) is 90.7 Å². The van der Waals surface area contributed by atoms with E-state index in [1.54, 1.807) is 36.5 Å². The fourth-order valence-electron chi connectivity index (χ4n) is 1.49. The van der Waals surface area contributed by atoms with Gasteiger partial charge >= 0.3 is 0 Å². The van der Waals surface area contributed by atoms with Crippen LogP contribution in [-0.4, -0.2) is 15.8 Å². The largest absolute Gasteiger partial charge is 0.340 e. The highest BCUT2D eigenvalue weighted by Gasteiger charge is 2.01. The number of Topliss-reactive ketones (excluding diaryl/α,β-unsaturated/α-hetero) is 1. The number of ketones is 1. The molecule has 0 spiro atoms. The van der Waals surface area contributed by atoms with Crippen molar-refractivity contribution in [2.24, 2.45) is 0 Å². The van der Waals surface area contributed by atoms with Gasteiger partial charge in [0.25, 0.3) is 0 Å². The fourth-order valence-corrected chi connectivity index (χ4v) is 1.49. The van der Waals surface area contributed by atoms with E-state index < -0.39 is 0 Å². The number of anilines is 3. The first-order valence-electron chi connectivity index (χ1n) is 5.54. The van der Waals surface area contributed by atoms with Gasteiger partial charge in [-0.05, 0) is 31.2 Å². The zero-order valence-electron chi connectivity index (χ0n) is 10.2. The molecule has 0 aliphatic rings. The minimum Gasteiger partial charge on any atom is -0.340 e. The zero-order chi connectivity index (χ0) is 13.7. The highest BCUT2D eigenvalue weighted by molar-refractivity contribution is 5.94. The summed E-state index contributed by atoms with van der Waals surface area (Å²) in [5, 5.41) is 14.0. The predicted molar refractivity (Wildman–Crippen MR) is 71.0 cm³/mol. The number of hydrogen-bond acceptors (Lipinski definition) is 6. The molecule has 19 heavy (non-hydrogen) atoms. The Morgan fingerprint density at radius 2 is 1.89 bits per heavy atom. The first-order chi connectivity index (χ1) is 9.19. The number of aromatic nitrogens is 2. The maximum Gasteiger partial charge on any atom is 0.182 e. The number of nitriles is 1. The maximum absolute atomic E-state index is 11.2. The van der Waals surface area contributed by atoms with Gasteiger partial charge in [-0.3, -0.25) is 10.1 Å². The van der Waals surface area contributed by atoms with Crippen LogP contribution in [0.4, 0.5) is 17.3 Å². The lowest BCUT2D eigenvalue weighted by atomic mass is 10.1. The molecule has 94 valence electrons. The minimum absolute atomic E-state index is 0.0223. The number of nitrogens with one attached hydrogen (secondary N) is 2. The second-order valence-corrected chi connectivity index (χ2v) is 3.78. The van der Waals surface area contributed by atoms with E-state index in [1.807, 2.05) is 0 Å². The fraction of sp³-hybridized carbons (Fsp3) is 0.0769. The number of nitrogens with zero attached hydrogens (tertiary/aromatic N) is 3. The molecule has 0 saturated heterocycles. The van der Waals surface area contributed by atoms with Gasteiger partial charge in [-0.25, -0.2) is 9.97 Å². The molecule has 0 aliphatic heterocycles. The Hall–Kier alpha value is -2.94. The molecular weight excluding hydrogens is 242 g/mol. The summed E-state index contributed by atoms with van der Waals surface area (Å²) in [4.78, 5) is 19.1. The summed E-state index contributed by atoms with van der Waals surface area (Å²) in [5.74, 6) is 0.998. The van der Waals surface area contributed by atoms with Crippen LogP contribution in [0.25, 0.3) is 0 Å². The third-order valence-electron chi connectivity index (χ3n) is 2.41. The number of rotatable bonds is 4. The van der Waals surface area contributed by atoms with Gasteiger partial charge in [0.15, 0.2) is 12.0 Å². The standard InChI is InChI=1S/C13H11N5O/c1-9(19)10-2-4-11(5-3-10)18-13-6-12(15-7-14)16-8-17-13/h2-6,8H,1H3,(H2,15,16,17,18). The van der Waals surface area contributed by atoms with Crippen LogP contribution in [0.1, 0.15) is 17.3 Å². The van der Waals surface area contributed by atoms with Crippen molar-refractivity contribution in [3.05, 3.63) is 42.2 Å². The molecule has 1 aromatic heterocycles. The van der Waals surface area contributed by atoms with Crippen molar-refractivity contribution in [3.63, 3.8) is 0 Å². The van der Waals surface area contributed by atoms with Gasteiger partial charge < -0.3 is 5.32 Å². The SMILES string of the molecule is CC(=O)c1ccc(Nc2cc(NC#N)ncn2)cc1. The van der Waals surface area contributed by atoms with Gasteiger partial charge in [0.1, 0.15) is 18.0 Å². The third-order valence-corrected chi connectivity index (χ3v) is 2.41. The van der Waals surface area contributed by atoms with E-state index in [0.29, 0.717) is 17.2 Å². The Bertz CT molecular complexity index is 630. The molecular formula is C13H11N5O. The van der Waals surface area contributed by atoms with Crippen molar-refractivity contribution >= 4 is 23.1 Å². The third kappa shape index (κ3) is 3.26. The van der Waals surface area contributed by atoms with Gasteiger partial charge in [0.2, 0.25) is 0 Å². The van der Waals surface area contributed by atoms with Crippen molar-refractivity contribution in [1.29, 1.82) is 5.26 Å². The van der Waals surface area contributed by atoms with E-state index in [4.69, 9.17) is 5.26 Å². The number of carbonyl (C=O) groups excluding carboxylic acids is 1. The molecule has 0 fully saturated rings. The minimum atomic E-state index is 0.0223. The summed E-state index contributed by atoms with van der Waals surface area (Å²) in [7, 11) is 0. The number of carbonyl (C=O) groups is 1. The number of benzene rings is 1. The van der Waals surface area contributed by atoms with Crippen LogP contribution in [-0.2, 0) is 0 Å². The molecule has 0 amide bonds. The van der Waals surface area contributed by atoms with Crippen molar-refractivity contribution < 1.29 is 4.79 Å². The quantitative estimate of drug-likeness (QED) is 0.493. The smallest absolute Gasteiger partial charge is 0.182 e. The molecule has 0 saturated carbocycles. The number of hydrogen-bond donors (Lipinski definition) is 2. The lowest BCUT2D eigenvalue weighted by Gasteiger charge is -2.06. The Balaban J connectivity index is 2.14. The van der Waals surface area contributed by atoms with Gasteiger partial charge in [-0.15, -0.1) is 0 Å². The van der Waals surface area contributed by atoms with Gasteiger partial charge in [-0.1, -0.05) is 0 Å². The van der Waals surface area contributed by atoms with Gasteiger partial charge in [-0.2, -0.15) is 5.26 Å². The Morgan fingerprint density at radius 1 is 1.21 bits per heavy atom. The summed E-state index contributed by atoms with van der Waals surface area (Å²) in [6.07, 6.45) is 3.14. The lowest BCUT2D eigenvalue weighted by molar-refractivity contribution is 0.101. The van der Waals surface area contributed by atoms with Gasteiger partial charge in [0.05, 0.1) is 0 Å². The first-order valence-corrected chi connectivity index (χ1v) is 5.54. The van der Waals surface area contributed by atoms with E-state index in [2.05, 4.69) is 20.6 Å². The highest BCUT2D eigenvalue weighted by Crippen LogP contribution is 2.16. The molecule has 0 unspecified atom stereocenters. The molecule has 1 heterocycles. The van der Waals surface area contributed by atoms with Crippen molar-refractivity contribution in [3.8, 4) is 6.19 Å². The van der Waals surface area contributed by atoms with E-state index >= 15 is 0 Å². The summed E-state index contributed by atoms with van der Waals surface area (Å²) >= 11 is 0. The van der Waals surface area contributed by atoms with Crippen molar-refractivity contribution in [1.82, 2.24) is 9.97 Å².